The van der Waals surface area contributed by atoms with Gasteiger partial charge >= 0.3 is 0 Å². The van der Waals surface area contributed by atoms with Gasteiger partial charge in [-0.1, -0.05) is 6.07 Å². The molecule has 0 aliphatic heterocycles. The van der Waals surface area contributed by atoms with E-state index in [0.717, 1.165) is 22.6 Å². The first kappa shape index (κ1) is 17.9. The van der Waals surface area contributed by atoms with Crippen molar-refractivity contribution in [3.05, 3.63) is 59.0 Å². The first-order chi connectivity index (χ1) is 12.5. The van der Waals surface area contributed by atoms with Crippen molar-refractivity contribution in [2.45, 2.75) is 13.8 Å². The minimum atomic E-state index is -0.237. The highest BCUT2D eigenvalue weighted by Crippen LogP contribution is 2.26. The topological polar surface area (TPSA) is 60.5 Å². The Morgan fingerprint density at radius 2 is 1.81 bits per heavy atom. The van der Waals surface area contributed by atoms with Gasteiger partial charge in [0.2, 0.25) is 0 Å². The number of nitrogens with zero attached hydrogens (tertiary/aromatic N) is 1. The van der Waals surface area contributed by atoms with Gasteiger partial charge < -0.3 is 9.47 Å². The molecule has 0 unspecified atom stereocenters. The summed E-state index contributed by atoms with van der Waals surface area (Å²) in [5.74, 6) is 1.24. The van der Waals surface area contributed by atoms with Crippen LogP contribution in [0.25, 0.3) is 11.3 Å². The lowest BCUT2D eigenvalue weighted by molar-refractivity contribution is -0.118. The number of benzene rings is 2. The Morgan fingerprint density at radius 1 is 1.08 bits per heavy atom. The number of aromatic nitrogens is 1. The number of thiazole rings is 1. The number of rotatable bonds is 6. The third-order valence-corrected chi connectivity index (χ3v) is 4.74. The molecule has 26 heavy (non-hydrogen) atoms. The van der Waals surface area contributed by atoms with Gasteiger partial charge in [-0.3, -0.25) is 10.1 Å². The zero-order valence-corrected chi connectivity index (χ0v) is 15.7. The molecule has 1 aromatic heterocycles. The van der Waals surface area contributed by atoms with Crippen molar-refractivity contribution in [3.63, 3.8) is 0 Å². The minimum absolute atomic E-state index is 0.0556. The van der Waals surface area contributed by atoms with Crippen molar-refractivity contribution in [2.24, 2.45) is 0 Å². The first-order valence-corrected chi connectivity index (χ1v) is 9.03. The van der Waals surface area contributed by atoms with E-state index < -0.39 is 0 Å². The Balaban J connectivity index is 1.57. The zero-order chi connectivity index (χ0) is 18.5. The van der Waals surface area contributed by atoms with E-state index in [1.807, 2.05) is 61.7 Å². The molecule has 0 bridgehead atoms. The fourth-order valence-corrected chi connectivity index (χ4v) is 3.07. The number of aryl methyl sites for hydroxylation is 2. The van der Waals surface area contributed by atoms with Gasteiger partial charge in [0.1, 0.15) is 11.5 Å². The van der Waals surface area contributed by atoms with Crippen LogP contribution in [0.1, 0.15) is 11.1 Å². The molecular weight excluding hydrogens is 348 g/mol. The third kappa shape index (κ3) is 4.40. The Hall–Kier alpha value is -2.86. The average Bonchev–Trinajstić information content (AvgIpc) is 3.11. The van der Waals surface area contributed by atoms with E-state index >= 15 is 0 Å². The van der Waals surface area contributed by atoms with E-state index in [2.05, 4.69) is 10.3 Å². The van der Waals surface area contributed by atoms with Crippen molar-refractivity contribution >= 4 is 22.4 Å². The summed E-state index contributed by atoms with van der Waals surface area (Å²) in [6.45, 7) is 3.99. The van der Waals surface area contributed by atoms with Gasteiger partial charge in [0.15, 0.2) is 11.7 Å². The van der Waals surface area contributed by atoms with Gasteiger partial charge in [0.25, 0.3) is 5.91 Å². The number of hydrogen-bond donors (Lipinski definition) is 1. The molecule has 1 amide bonds. The van der Waals surface area contributed by atoms with E-state index in [1.165, 1.54) is 16.9 Å². The molecule has 3 aromatic rings. The lowest BCUT2D eigenvalue weighted by Gasteiger charge is -2.07. The number of nitrogens with one attached hydrogen (secondary N) is 1. The van der Waals surface area contributed by atoms with E-state index in [9.17, 15) is 4.79 Å². The molecule has 5 nitrogen and oxygen atoms in total. The van der Waals surface area contributed by atoms with Crippen LogP contribution < -0.4 is 14.8 Å². The van der Waals surface area contributed by atoms with E-state index in [-0.39, 0.29) is 12.5 Å². The Bertz CT molecular complexity index is 904. The molecule has 0 fully saturated rings. The fourth-order valence-electron chi connectivity index (χ4n) is 2.33. The summed E-state index contributed by atoms with van der Waals surface area (Å²) in [6, 6.07) is 13.4. The van der Waals surface area contributed by atoms with Crippen molar-refractivity contribution < 1.29 is 14.3 Å². The highest BCUT2D eigenvalue weighted by Gasteiger charge is 2.09. The van der Waals surface area contributed by atoms with Crippen molar-refractivity contribution in [1.82, 2.24) is 4.98 Å². The SMILES string of the molecule is COc1ccc(-c2csc(NC(=O)COc3ccc(C)c(C)c3)n2)cc1. The van der Waals surface area contributed by atoms with Crippen LogP contribution in [-0.4, -0.2) is 24.6 Å². The Labute approximate surface area is 156 Å². The predicted octanol–water partition coefficient (Wildman–Crippen LogP) is 4.45. The minimum Gasteiger partial charge on any atom is -0.497 e. The zero-order valence-electron chi connectivity index (χ0n) is 14.9. The van der Waals surface area contributed by atoms with Gasteiger partial charge in [-0.05, 0) is 61.4 Å². The van der Waals surface area contributed by atoms with E-state index in [1.54, 1.807) is 7.11 Å². The maximum absolute atomic E-state index is 12.1. The second-order valence-electron chi connectivity index (χ2n) is 5.85. The molecule has 0 spiro atoms. The maximum atomic E-state index is 12.1. The molecule has 1 heterocycles. The molecule has 3 rings (SSSR count). The van der Waals surface area contributed by atoms with Gasteiger partial charge in [0, 0.05) is 10.9 Å². The number of hydrogen-bond acceptors (Lipinski definition) is 5. The van der Waals surface area contributed by atoms with Crippen LogP contribution in [0.4, 0.5) is 5.13 Å². The second kappa shape index (κ2) is 8.01. The lowest BCUT2D eigenvalue weighted by Crippen LogP contribution is -2.20. The highest BCUT2D eigenvalue weighted by atomic mass is 32.1. The largest absolute Gasteiger partial charge is 0.497 e. The molecular formula is C20H20N2O3S. The predicted molar refractivity (Wildman–Crippen MR) is 104 cm³/mol. The van der Waals surface area contributed by atoms with Crippen LogP contribution >= 0.6 is 11.3 Å². The summed E-state index contributed by atoms with van der Waals surface area (Å²) in [4.78, 5) is 16.5. The summed E-state index contributed by atoms with van der Waals surface area (Å²) in [6.07, 6.45) is 0. The number of anilines is 1. The van der Waals surface area contributed by atoms with Gasteiger partial charge in [-0.2, -0.15) is 0 Å². The van der Waals surface area contributed by atoms with Crippen LogP contribution in [0.2, 0.25) is 0 Å². The van der Waals surface area contributed by atoms with Gasteiger partial charge in [-0.15, -0.1) is 11.3 Å². The monoisotopic (exact) mass is 368 g/mol. The highest BCUT2D eigenvalue weighted by molar-refractivity contribution is 7.14. The summed E-state index contributed by atoms with van der Waals surface area (Å²) < 4.78 is 10.7. The molecule has 0 radical (unpaired) electrons. The normalized spacial score (nSPS) is 10.4. The van der Waals surface area contributed by atoms with Crippen LogP contribution in [0.3, 0.4) is 0 Å². The van der Waals surface area contributed by atoms with E-state index in [4.69, 9.17) is 9.47 Å². The molecule has 134 valence electrons. The molecule has 0 saturated heterocycles. The molecule has 0 aliphatic rings. The maximum Gasteiger partial charge on any atom is 0.264 e. The number of amides is 1. The standard InChI is InChI=1S/C20H20N2O3S/c1-13-4-7-17(10-14(13)2)25-11-19(23)22-20-21-18(12-26-20)15-5-8-16(24-3)9-6-15/h4-10,12H,11H2,1-3H3,(H,21,22,23). The molecule has 2 aromatic carbocycles. The van der Waals surface area contributed by atoms with Gasteiger partial charge in [0.05, 0.1) is 12.8 Å². The second-order valence-corrected chi connectivity index (χ2v) is 6.71. The average molecular weight is 368 g/mol. The van der Waals surface area contributed by atoms with Crippen LogP contribution in [0.5, 0.6) is 11.5 Å². The number of methoxy groups -OCH3 is 1. The quantitative estimate of drug-likeness (QED) is 0.698. The smallest absolute Gasteiger partial charge is 0.264 e. The molecule has 1 N–H and O–H groups in total. The van der Waals surface area contributed by atoms with Crippen LogP contribution in [0.15, 0.2) is 47.8 Å². The summed E-state index contributed by atoms with van der Waals surface area (Å²) >= 11 is 1.38. The summed E-state index contributed by atoms with van der Waals surface area (Å²) in [5, 5.41) is 5.22. The number of carbonyl (C=O) groups is 1. The fraction of sp³-hybridized carbons (Fsp3) is 0.200. The van der Waals surface area contributed by atoms with E-state index in [0.29, 0.717) is 10.9 Å². The third-order valence-electron chi connectivity index (χ3n) is 3.98. The van der Waals surface area contributed by atoms with Gasteiger partial charge in [-0.25, -0.2) is 4.98 Å². The first-order valence-electron chi connectivity index (χ1n) is 8.15. The summed E-state index contributed by atoms with van der Waals surface area (Å²) in [7, 11) is 1.63. The molecule has 6 heteroatoms. The number of ether oxygens (including phenoxy) is 2. The Kier molecular flexibility index (Phi) is 5.53. The molecule has 0 saturated carbocycles. The number of carbonyl (C=O) groups excluding carboxylic acids is 1. The molecule has 0 atom stereocenters. The molecule has 0 aliphatic carbocycles. The van der Waals surface area contributed by atoms with Crippen molar-refractivity contribution in [3.8, 4) is 22.8 Å². The van der Waals surface area contributed by atoms with Crippen LogP contribution in [0, 0.1) is 13.8 Å². The lowest BCUT2D eigenvalue weighted by atomic mass is 10.1. The van der Waals surface area contributed by atoms with Crippen molar-refractivity contribution in [2.75, 3.05) is 19.0 Å². The van der Waals surface area contributed by atoms with Crippen molar-refractivity contribution in [1.29, 1.82) is 0 Å². The van der Waals surface area contributed by atoms with Crippen LogP contribution in [-0.2, 0) is 4.79 Å². The Morgan fingerprint density at radius 3 is 2.50 bits per heavy atom. The summed E-state index contributed by atoms with van der Waals surface area (Å²) in [5.41, 5.74) is 4.10.